The standard InChI is InChI=1S/C21H27NO3/c1-16-12-22(13-17(2)25-16)14-20(23)15-24-21-10-8-19(9-11-21)18-6-4-3-5-7-18/h3-11,16-17,20,23H,12-15H2,1-2H3/t16-,17-,20-/m1/s1. The summed E-state index contributed by atoms with van der Waals surface area (Å²) in [5, 5.41) is 10.3. The van der Waals surface area contributed by atoms with E-state index in [1.807, 2.05) is 42.5 Å². The van der Waals surface area contributed by atoms with Crippen LogP contribution >= 0.6 is 0 Å². The first-order valence-corrected chi connectivity index (χ1v) is 8.94. The molecule has 1 saturated heterocycles. The highest BCUT2D eigenvalue weighted by Gasteiger charge is 2.23. The van der Waals surface area contributed by atoms with Crippen LogP contribution < -0.4 is 4.74 Å². The van der Waals surface area contributed by atoms with E-state index in [1.54, 1.807) is 0 Å². The third-order valence-corrected chi connectivity index (χ3v) is 4.37. The normalized spacial score (nSPS) is 22.5. The van der Waals surface area contributed by atoms with E-state index < -0.39 is 6.10 Å². The molecule has 0 bridgehead atoms. The van der Waals surface area contributed by atoms with E-state index in [4.69, 9.17) is 9.47 Å². The predicted molar refractivity (Wildman–Crippen MR) is 99.8 cm³/mol. The van der Waals surface area contributed by atoms with E-state index in [-0.39, 0.29) is 12.2 Å². The second-order valence-electron chi connectivity index (χ2n) is 6.83. The highest BCUT2D eigenvalue weighted by Crippen LogP contribution is 2.22. The summed E-state index contributed by atoms with van der Waals surface area (Å²) in [6.07, 6.45) is -0.0869. The summed E-state index contributed by atoms with van der Waals surface area (Å²) in [5.41, 5.74) is 2.34. The Hall–Kier alpha value is -1.88. The molecule has 0 saturated carbocycles. The minimum atomic E-state index is -0.508. The zero-order valence-corrected chi connectivity index (χ0v) is 15.0. The van der Waals surface area contributed by atoms with Gasteiger partial charge in [-0.1, -0.05) is 42.5 Å². The number of morpholine rings is 1. The zero-order valence-electron chi connectivity index (χ0n) is 15.0. The molecule has 1 fully saturated rings. The van der Waals surface area contributed by atoms with Crippen LogP contribution in [0.1, 0.15) is 13.8 Å². The molecule has 1 aliphatic rings. The van der Waals surface area contributed by atoms with Crippen LogP contribution in [0.3, 0.4) is 0 Å². The predicted octanol–water partition coefficient (Wildman–Crippen LogP) is 3.20. The van der Waals surface area contributed by atoms with E-state index in [1.165, 1.54) is 5.56 Å². The number of ether oxygens (including phenoxy) is 2. The van der Waals surface area contributed by atoms with Crippen molar-refractivity contribution in [1.29, 1.82) is 0 Å². The molecule has 134 valence electrons. The fourth-order valence-electron chi connectivity index (χ4n) is 3.35. The van der Waals surface area contributed by atoms with Gasteiger partial charge in [-0.3, -0.25) is 4.90 Å². The highest BCUT2D eigenvalue weighted by atomic mass is 16.5. The van der Waals surface area contributed by atoms with Crippen molar-refractivity contribution in [3.05, 3.63) is 54.6 Å². The van der Waals surface area contributed by atoms with Crippen molar-refractivity contribution in [3.8, 4) is 16.9 Å². The zero-order chi connectivity index (χ0) is 17.6. The van der Waals surface area contributed by atoms with Crippen molar-refractivity contribution in [2.24, 2.45) is 0 Å². The van der Waals surface area contributed by atoms with Crippen molar-refractivity contribution in [1.82, 2.24) is 4.90 Å². The van der Waals surface area contributed by atoms with E-state index in [0.717, 1.165) is 24.4 Å². The summed E-state index contributed by atoms with van der Waals surface area (Å²) in [7, 11) is 0. The molecular formula is C21H27NO3. The molecule has 2 aromatic rings. The molecule has 1 N–H and O–H groups in total. The summed E-state index contributed by atoms with van der Waals surface area (Å²) >= 11 is 0. The lowest BCUT2D eigenvalue weighted by atomic mass is 10.1. The van der Waals surface area contributed by atoms with Crippen LogP contribution in [-0.4, -0.2) is 54.6 Å². The van der Waals surface area contributed by atoms with Gasteiger partial charge in [-0.05, 0) is 37.1 Å². The number of hydrogen-bond donors (Lipinski definition) is 1. The van der Waals surface area contributed by atoms with Crippen LogP contribution in [0.2, 0.25) is 0 Å². The topological polar surface area (TPSA) is 41.9 Å². The first kappa shape index (κ1) is 17.9. The van der Waals surface area contributed by atoms with Gasteiger partial charge in [0.15, 0.2) is 0 Å². The Morgan fingerprint density at radius 1 is 1.00 bits per heavy atom. The smallest absolute Gasteiger partial charge is 0.119 e. The molecule has 0 radical (unpaired) electrons. The lowest BCUT2D eigenvalue weighted by Gasteiger charge is -2.36. The third-order valence-electron chi connectivity index (χ3n) is 4.37. The SMILES string of the molecule is C[C@@H]1CN(C[C@@H](O)COc2ccc(-c3ccccc3)cc2)C[C@@H](C)O1. The molecule has 0 aromatic heterocycles. The van der Waals surface area contributed by atoms with Crippen LogP contribution in [0.5, 0.6) is 5.75 Å². The van der Waals surface area contributed by atoms with Crippen molar-refractivity contribution in [2.45, 2.75) is 32.2 Å². The first-order valence-electron chi connectivity index (χ1n) is 8.94. The lowest BCUT2D eigenvalue weighted by Crippen LogP contribution is -2.48. The number of aliphatic hydroxyl groups excluding tert-OH is 1. The lowest BCUT2D eigenvalue weighted by molar-refractivity contribution is -0.0786. The van der Waals surface area contributed by atoms with Gasteiger partial charge in [0.05, 0.1) is 12.2 Å². The van der Waals surface area contributed by atoms with Gasteiger partial charge in [-0.2, -0.15) is 0 Å². The number of β-amino-alcohol motifs (C(OH)–C–C–N with tert-alkyl or cyclic N) is 1. The van der Waals surface area contributed by atoms with Gasteiger partial charge in [-0.25, -0.2) is 0 Å². The first-order chi connectivity index (χ1) is 12.1. The Balaban J connectivity index is 1.48. The molecule has 0 unspecified atom stereocenters. The Kier molecular flexibility index (Phi) is 6.08. The van der Waals surface area contributed by atoms with Gasteiger partial charge in [0.25, 0.3) is 0 Å². The Morgan fingerprint density at radius 2 is 1.60 bits per heavy atom. The van der Waals surface area contributed by atoms with Crippen LogP contribution in [0.15, 0.2) is 54.6 Å². The third kappa shape index (κ3) is 5.30. The maximum atomic E-state index is 10.3. The average molecular weight is 341 g/mol. The largest absolute Gasteiger partial charge is 0.491 e. The van der Waals surface area contributed by atoms with Gasteiger partial charge in [0.1, 0.15) is 18.5 Å². The summed E-state index contributed by atoms with van der Waals surface area (Å²) in [4.78, 5) is 2.24. The molecule has 2 aromatic carbocycles. The van der Waals surface area contributed by atoms with Gasteiger partial charge < -0.3 is 14.6 Å². The monoisotopic (exact) mass is 341 g/mol. The summed E-state index contributed by atoms with van der Waals surface area (Å²) in [6.45, 7) is 6.75. The molecule has 25 heavy (non-hydrogen) atoms. The minimum Gasteiger partial charge on any atom is -0.491 e. The van der Waals surface area contributed by atoms with Gasteiger partial charge in [0, 0.05) is 19.6 Å². The number of benzene rings is 2. The van der Waals surface area contributed by atoms with E-state index >= 15 is 0 Å². The van der Waals surface area contributed by atoms with Crippen LogP contribution in [0, 0.1) is 0 Å². The number of aliphatic hydroxyl groups is 1. The van der Waals surface area contributed by atoms with Crippen LogP contribution in [0.25, 0.3) is 11.1 Å². The Morgan fingerprint density at radius 3 is 2.24 bits per heavy atom. The molecule has 4 nitrogen and oxygen atoms in total. The van der Waals surface area contributed by atoms with Gasteiger partial charge >= 0.3 is 0 Å². The quantitative estimate of drug-likeness (QED) is 0.876. The number of nitrogens with zero attached hydrogens (tertiary/aromatic N) is 1. The number of rotatable bonds is 6. The fourth-order valence-corrected chi connectivity index (χ4v) is 3.35. The Labute approximate surface area is 150 Å². The van der Waals surface area contributed by atoms with Gasteiger partial charge in [-0.15, -0.1) is 0 Å². The molecule has 0 aliphatic carbocycles. The summed E-state index contributed by atoms with van der Waals surface area (Å²) in [5.74, 6) is 0.780. The number of hydrogen-bond acceptors (Lipinski definition) is 4. The summed E-state index contributed by atoms with van der Waals surface area (Å²) < 4.78 is 11.5. The maximum Gasteiger partial charge on any atom is 0.119 e. The molecule has 3 atom stereocenters. The fraction of sp³-hybridized carbons (Fsp3) is 0.429. The maximum absolute atomic E-state index is 10.3. The van der Waals surface area contributed by atoms with E-state index in [2.05, 4.69) is 30.9 Å². The molecule has 4 heteroatoms. The van der Waals surface area contributed by atoms with Crippen molar-refractivity contribution >= 4 is 0 Å². The summed E-state index contributed by atoms with van der Waals surface area (Å²) in [6, 6.07) is 18.2. The highest BCUT2D eigenvalue weighted by molar-refractivity contribution is 5.63. The molecule has 3 rings (SSSR count). The van der Waals surface area contributed by atoms with E-state index in [9.17, 15) is 5.11 Å². The Bertz CT molecular complexity index is 634. The second-order valence-corrected chi connectivity index (χ2v) is 6.83. The van der Waals surface area contributed by atoms with Crippen LogP contribution in [-0.2, 0) is 4.74 Å². The molecule has 0 amide bonds. The average Bonchev–Trinajstić information content (AvgIpc) is 2.60. The molecule has 1 heterocycles. The van der Waals surface area contributed by atoms with Crippen molar-refractivity contribution in [3.63, 3.8) is 0 Å². The van der Waals surface area contributed by atoms with Gasteiger partial charge in [0.2, 0.25) is 0 Å². The van der Waals surface area contributed by atoms with E-state index in [0.29, 0.717) is 13.2 Å². The molecule has 0 spiro atoms. The molecular weight excluding hydrogens is 314 g/mol. The minimum absolute atomic E-state index is 0.211. The second kappa shape index (κ2) is 8.48. The van der Waals surface area contributed by atoms with Crippen molar-refractivity contribution in [2.75, 3.05) is 26.2 Å². The van der Waals surface area contributed by atoms with Crippen molar-refractivity contribution < 1.29 is 14.6 Å². The molecule has 1 aliphatic heterocycles. The van der Waals surface area contributed by atoms with Crippen LogP contribution in [0.4, 0.5) is 0 Å².